The Balaban J connectivity index is 1.35. The molecule has 0 amide bonds. The van der Waals surface area contributed by atoms with Crippen molar-refractivity contribution in [2.45, 2.75) is 116 Å². The molecule has 0 aliphatic heterocycles. The van der Waals surface area contributed by atoms with Gasteiger partial charge in [0.2, 0.25) is 0 Å². The zero-order chi connectivity index (χ0) is 16.8. The first-order chi connectivity index (χ1) is 11.8. The van der Waals surface area contributed by atoms with Crippen LogP contribution in [0.2, 0.25) is 0 Å². The van der Waals surface area contributed by atoms with Crippen LogP contribution in [-0.4, -0.2) is 11.2 Å². The second-order valence-corrected chi connectivity index (χ2v) is 9.53. The molecule has 1 N–H and O–H groups in total. The molecule has 0 radical (unpaired) electrons. The van der Waals surface area contributed by atoms with Crippen molar-refractivity contribution < 1.29 is 5.11 Å². The summed E-state index contributed by atoms with van der Waals surface area (Å²) in [6.45, 7) is 2.32. The van der Waals surface area contributed by atoms with Crippen LogP contribution >= 0.6 is 0 Å². The van der Waals surface area contributed by atoms with Crippen molar-refractivity contribution in [3.8, 4) is 0 Å². The molecule has 1 nitrogen and oxygen atoms in total. The van der Waals surface area contributed by atoms with Crippen molar-refractivity contribution in [1.29, 1.82) is 0 Å². The number of aliphatic hydroxyl groups excluding tert-OH is 1. The van der Waals surface area contributed by atoms with Crippen molar-refractivity contribution in [3.05, 3.63) is 0 Å². The fourth-order valence-corrected chi connectivity index (χ4v) is 6.35. The first kappa shape index (κ1) is 18.7. The van der Waals surface area contributed by atoms with Gasteiger partial charge in [0.05, 0.1) is 6.10 Å². The molecule has 2 atom stereocenters. The molecule has 3 fully saturated rings. The van der Waals surface area contributed by atoms with Gasteiger partial charge in [0.1, 0.15) is 0 Å². The Morgan fingerprint density at radius 3 is 1.83 bits per heavy atom. The van der Waals surface area contributed by atoms with Crippen LogP contribution in [-0.2, 0) is 0 Å². The van der Waals surface area contributed by atoms with Gasteiger partial charge in [0, 0.05) is 0 Å². The first-order valence-corrected chi connectivity index (χ1v) is 11.4. The van der Waals surface area contributed by atoms with Crippen molar-refractivity contribution in [2.75, 3.05) is 0 Å². The Bertz CT molecular complexity index is 336. The molecule has 140 valence electrons. The van der Waals surface area contributed by atoms with Gasteiger partial charge in [-0.05, 0) is 87.4 Å². The van der Waals surface area contributed by atoms with E-state index in [1.807, 2.05) is 0 Å². The highest BCUT2D eigenvalue weighted by Gasteiger charge is 2.34. The molecule has 0 aromatic rings. The van der Waals surface area contributed by atoms with Gasteiger partial charge in [-0.3, -0.25) is 0 Å². The zero-order valence-electron chi connectivity index (χ0n) is 16.2. The van der Waals surface area contributed by atoms with E-state index >= 15 is 0 Å². The highest BCUT2D eigenvalue weighted by molar-refractivity contribution is 4.86. The van der Waals surface area contributed by atoms with E-state index < -0.39 is 0 Å². The third-order valence-corrected chi connectivity index (χ3v) is 7.94. The standard InChI is InChI=1S/C23H42O/c1-2-3-4-6-18-9-11-19(12-10-18)20-13-15-21(16-14-20)22-7-5-8-23(24)17-22/h18-24H,2-17H2,1H3/t18?,19?,20?,21?,22-,23+/m0/s1. The Hall–Kier alpha value is -0.0400. The monoisotopic (exact) mass is 334 g/mol. The molecule has 0 aromatic carbocycles. The van der Waals surface area contributed by atoms with E-state index in [9.17, 15) is 5.11 Å². The molecule has 0 unspecified atom stereocenters. The lowest BCUT2D eigenvalue weighted by Gasteiger charge is -2.41. The van der Waals surface area contributed by atoms with Gasteiger partial charge in [-0.15, -0.1) is 0 Å². The van der Waals surface area contributed by atoms with Gasteiger partial charge < -0.3 is 5.11 Å². The molecule has 3 aliphatic rings. The summed E-state index contributed by atoms with van der Waals surface area (Å²) >= 11 is 0. The minimum Gasteiger partial charge on any atom is -0.393 e. The lowest BCUT2D eigenvalue weighted by atomic mass is 9.65. The van der Waals surface area contributed by atoms with Gasteiger partial charge in [-0.1, -0.05) is 51.9 Å². The zero-order valence-corrected chi connectivity index (χ0v) is 16.2. The first-order valence-electron chi connectivity index (χ1n) is 11.4. The molecule has 3 aliphatic carbocycles. The Morgan fingerprint density at radius 1 is 0.667 bits per heavy atom. The van der Waals surface area contributed by atoms with E-state index in [-0.39, 0.29) is 6.10 Å². The average molecular weight is 335 g/mol. The van der Waals surface area contributed by atoms with Gasteiger partial charge in [0.25, 0.3) is 0 Å². The van der Waals surface area contributed by atoms with E-state index in [0.29, 0.717) is 0 Å². The van der Waals surface area contributed by atoms with Crippen LogP contribution in [0.1, 0.15) is 110 Å². The molecule has 0 heterocycles. The molecular weight excluding hydrogens is 292 g/mol. The van der Waals surface area contributed by atoms with E-state index in [4.69, 9.17) is 0 Å². The summed E-state index contributed by atoms with van der Waals surface area (Å²) in [5.74, 6) is 4.97. The van der Waals surface area contributed by atoms with Crippen LogP contribution in [0.3, 0.4) is 0 Å². The third-order valence-electron chi connectivity index (χ3n) is 7.94. The maximum absolute atomic E-state index is 9.97. The van der Waals surface area contributed by atoms with E-state index in [1.165, 1.54) is 89.9 Å². The number of hydrogen-bond acceptors (Lipinski definition) is 1. The topological polar surface area (TPSA) is 20.2 Å². The molecule has 0 bridgehead atoms. The lowest BCUT2D eigenvalue weighted by molar-refractivity contribution is 0.0554. The van der Waals surface area contributed by atoms with Gasteiger partial charge in [-0.2, -0.15) is 0 Å². The second-order valence-electron chi connectivity index (χ2n) is 9.53. The Labute approximate surface area is 151 Å². The number of unbranched alkanes of at least 4 members (excludes halogenated alkanes) is 2. The van der Waals surface area contributed by atoms with E-state index in [0.717, 1.165) is 42.4 Å². The number of aliphatic hydroxyl groups is 1. The lowest BCUT2D eigenvalue weighted by Crippen LogP contribution is -2.31. The predicted molar refractivity (Wildman–Crippen MR) is 103 cm³/mol. The van der Waals surface area contributed by atoms with Crippen LogP contribution in [0.15, 0.2) is 0 Å². The van der Waals surface area contributed by atoms with Crippen LogP contribution < -0.4 is 0 Å². The molecule has 3 rings (SSSR count). The minimum absolute atomic E-state index is 0.0180. The SMILES string of the molecule is CCCCCC1CCC(C2CCC([C@H]3CCC[C@@H](O)C3)CC2)CC1. The highest BCUT2D eigenvalue weighted by atomic mass is 16.3. The molecule has 0 saturated heterocycles. The van der Waals surface area contributed by atoms with Crippen molar-refractivity contribution in [2.24, 2.45) is 29.6 Å². The summed E-state index contributed by atoms with van der Waals surface area (Å²) in [4.78, 5) is 0. The van der Waals surface area contributed by atoms with Crippen LogP contribution in [0.5, 0.6) is 0 Å². The average Bonchev–Trinajstić information content (AvgIpc) is 2.63. The van der Waals surface area contributed by atoms with Crippen LogP contribution in [0.4, 0.5) is 0 Å². The molecule has 1 heteroatoms. The molecule has 0 aromatic heterocycles. The highest BCUT2D eigenvalue weighted by Crippen LogP contribution is 2.45. The Morgan fingerprint density at radius 2 is 1.25 bits per heavy atom. The summed E-state index contributed by atoms with van der Waals surface area (Å²) in [5.41, 5.74) is 0. The van der Waals surface area contributed by atoms with Crippen LogP contribution in [0, 0.1) is 29.6 Å². The Kier molecular flexibility index (Phi) is 7.50. The molecule has 3 saturated carbocycles. The summed E-state index contributed by atoms with van der Waals surface area (Å²) in [6, 6.07) is 0. The number of rotatable bonds is 6. The van der Waals surface area contributed by atoms with Gasteiger partial charge in [-0.25, -0.2) is 0 Å². The largest absolute Gasteiger partial charge is 0.393 e. The maximum Gasteiger partial charge on any atom is 0.0543 e. The molecular formula is C23H42O. The summed E-state index contributed by atoms with van der Waals surface area (Å²) in [5, 5.41) is 9.97. The maximum atomic E-state index is 9.97. The van der Waals surface area contributed by atoms with Gasteiger partial charge in [0.15, 0.2) is 0 Å². The van der Waals surface area contributed by atoms with Gasteiger partial charge >= 0.3 is 0 Å². The normalized spacial score (nSPS) is 41.2. The predicted octanol–water partition coefficient (Wildman–Crippen LogP) is 6.73. The molecule has 24 heavy (non-hydrogen) atoms. The van der Waals surface area contributed by atoms with Crippen molar-refractivity contribution in [1.82, 2.24) is 0 Å². The summed E-state index contributed by atoms with van der Waals surface area (Å²) < 4.78 is 0. The van der Waals surface area contributed by atoms with Crippen molar-refractivity contribution in [3.63, 3.8) is 0 Å². The fourth-order valence-electron chi connectivity index (χ4n) is 6.35. The van der Waals surface area contributed by atoms with Crippen LogP contribution in [0.25, 0.3) is 0 Å². The quantitative estimate of drug-likeness (QED) is 0.534. The fraction of sp³-hybridized carbons (Fsp3) is 1.00. The summed E-state index contributed by atoms with van der Waals surface area (Å²) in [6.07, 6.45) is 22.7. The smallest absolute Gasteiger partial charge is 0.0543 e. The van der Waals surface area contributed by atoms with Crippen molar-refractivity contribution >= 4 is 0 Å². The summed E-state index contributed by atoms with van der Waals surface area (Å²) in [7, 11) is 0. The number of hydrogen-bond donors (Lipinski definition) is 1. The second kappa shape index (κ2) is 9.60. The minimum atomic E-state index is 0.0180. The van der Waals surface area contributed by atoms with E-state index in [2.05, 4.69) is 6.92 Å². The molecule has 0 spiro atoms. The third kappa shape index (κ3) is 5.23. The van der Waals surface area contributed by atoms with E-state index in [1.54, 1.807) is 0 Å².